The van der Waals surface area contributed by atoms with E-state index in [1.54, 1.807) is 24.9 Å². The lowest BCUT2D eigenvalue weighted by Crippen LogP contribution is -2.32. The van der Waals surface area contributed by atoms with Gasteiger partial charge in [0.2, 0.25) is 0 Å². The third kappa shape index (κ3) is 3.68. The number of rotatable bonds is 6. The zero-order valence-electron chi connectivity index (χ0n) is 10.8. The summed E-state index contributed by atoms with van der Waals surface area (Å²) in [6.07, 6.45) is -0.680. The van der Waals surface area contributed by atoms with Crippen LogP contribution in [0.1, 0.15) is 5.56 Å². The summed E-state index contributed by atoms with van der Waals surface area (Å²) in [7, 11) is 3.20. The maximum Gasteiger partial charge on any atom is 0.292 e. The molecule has 0 aliphatic rings. The first-order valence-electron chi connectivity index (χ1n) is 5.59. The van der Waals surface area contributed by atoms with Crippen LogP contribution in [-0.4, -0.2) is 43.4 Å². The zero-order valence-corrected chi connectivity index (χ0v) is 10.8. The molecule has 100 valence electrons. The Balaban J connectivity index is 2.91. The van der Waals surface area contributed by atoms with E-state index in [2.05, 4.69) is 0 Å². The van der Waals surface area contributed by atoms with Crippen molar-refractivity contribution in [1.82, 2.24) is 0 Å². The molecule has 0 amide bonds. The molecule has 0 radical (unpaired) electrons. The van der Waals surface area contributed by atoms with Crippen LogP contribution in [0.4, 0.5) is 11.4 Å². The molecule has 1 aromatic carbocycles. The van der Waals surface area contributed by atoms with Gasteiger partial charge in [0.25, 0.3) is 5.69 Å². The van der Waals surface area contributed by atoms with Gasteiger partial charge in [0.05, 0.1) is 17.6 Å². The number of ether oxygens (including phenoxy) is 1. The zero-order chi connectivity index (χ0) is 13.7. The number of nitro benzene ring substituents is 1. The number of anilines is 1. The monoisotopic (exact) mass is 254 g/mol. The highest BCUT2D eigenvalue weighted by molar-refractivity contribution is 5.63. The summed E-state index contributed by atoms with van der Waals surface area (Å²) in [5, 5.41) is 20.6. The standard InChI is InChI=1S/C12H18N2O4/c1-9-4-5-11(12(6-9)14(16)17)13(2)7-10(15)8-18-3/h4-6,10,15H,7-8H2,1-3H3. The normalized spacial score (nSPS) is 12.2. The number of nitrogens with zero attached hydrogens (tertiary/aromatic N) is 2. The molecule has 0 aliphatic carbocycles. The number of methoxy groups -OCH3 is 1. The molecule has 1 atom stereocenters. The van der Waals surface area contributed by atoms with Gasteiger partial charge in [0.15, 0.2) is 0 Å². The van der Waals surface area contributed by atoms with Crippen LogP contribution in [0, 0.1) is 17.0 Å². The minimum atomic E-state index is -0.680. The summed E-state index contributed by atoms with van der Waals surface area (Å²) in [6.45, 7) is 2.28. The Bertz CT molecular complexity index is 423. The molecule has 6 nitrogen and oxygen atoms in total. The molecular weight excluding hydrogens is 236 g/mol. The Morgan fingerprint density at radius 2 is 2.22 bits per heavy atom. The van der Waals surface area contributed by atoms with Gasteiger partial charge in [-0.3, -0.25) is 10.1 Å². The third-order valence-electron chi connectivity index (χ3n) is 2.58. The number of hydrogen-bond donors (Lipinski definition) is 1. The Kier molecular flexibility index (Phi) is 5.06. The number of benzene rings is 1. The van der Waals surface area contributed by atoms with E-state index in [-0.39, 0.29) is 18.8 Å². The number of likely N-dealkylation sites (N-methyl/N-ethyl adjacent to an activating group) is 1. The third-order valence-corrected chi connectivity index (χ3v) is 2.58. The maximum atomic E-state index is 11.0. The summed E-state index contributed by atoms with van der Waals surface area (Å²) in [5.74, 6) is 0. The molecule has 1 N–H and O–H groups in total. The largest absolute Gasteiger partial charge is 0.389 e. The SMILES string of the molecule is COCC(O)CN(C)c1ccc(C)cc1[N+](=O)[O-]. The lowest BCUT2D eigenvalue weighted by atomic mass is 10.1. The number of aliphatic hydroxyl groups is 1. The summed E-state index contributed by atoms with van der Waals surface area (Å²) >= 11 is 0. The highest BCUT2D eigenvalue weighted by Gasteiger charge is 2.18. The van der Waals surface area contributed by atoms with Crippen molar-refractivity contribution in [3.8, 4) is 0 Å². The van der Waals surface area contributed by atoms with Crippen molar-refractivity contribution < 1.29 is 14.8 Å². The van der Waals surface area contributed by atoms with E-state index in [1.807, 2.05) is 6.07 Å². The molecular formula is C12H18N2O4. The summed E-state index contributed by atoms with van der Waals surface area (Å²) in [6, 6.07) is 5.02. The van der Waals surface area contributed by atoms with E-state index < -0.39 is 11.0 Å². The van der Waals surface area contributed by atoms with Crippen LogP contribution < -0.4 is 4.90 Å². The summed E-state index contributed by atoms with van der Waals surface area (Å²) < 4.78 is 4.83. The number of nitro groups is 1. The fourth-order valence-corrected chi connectivity index (χ4v) is 1.76. The van der Waals surface area contributed by atoms with Crippen molar-refractivity contribution in [2.45, 2.75) is 13.0 Å². The molecule has 1 aromatic rings. The molecule has 0 spiro atoms. The Morgan fingerprint density at radius 1 is 1.56 bits per heavy atom. The first kappa shape index (κ1) is 14.4. The highest BCUT2D eigenvalue weighted by Crippen LogP contribution is 2.28. The maximum absolute atomic E-state index is 11.0. The fourth-order valence-electron chi connectivity index (χ4n) is 1.76. The summed E-state index contributed by atoms with van der Waals surface area (Å²) in [4.78, 5) is 12.2. The second-order valence-electron chi connectivity index (χ2n) is 4.24. The minimum Gasteiger partial charge on any atom is -0.389 e. The van der Waals surface area contributed by atoms with Crippen molar-refractivity contribution in [2.24, 2.45) is 0 Å². The molecule has 0 aliphatic heterocycles. The van der Waals surface area contributed by atoms with Gasteiger partial charge in [-0.1, -0.05) is 6.07 Å². The molecule has 0 aromatic heterocycles. The van der Waals surface area contributed by atoms with E-state index in [0.717, 1.165) is 5.56 Å². The van der Waals surface area contributed by atoms with Gasteiger partial charge in [0.1, 0.15) is 5.69 Å². The van der Waals surface area contributed by atoms with E-state index in [1.165, 1.54) is 13.2 Å². The Hall–Kier alpha value is -1.66. The number of hydrogen-bond acceptors (Lipinski definition) is 5. The molecule has 6 heteroatoms. The predicted molar refractivity (Wildman–Crippen MR) is 69.0 cm³/mol. The molecule has 0 saturated carbocycles. The van der Waals surface area contributed by atoms with Gasteiger partial charge in [-0.2, -0.15) is 0 Å². The van der Waals surface area contributed by atoms with Crippen LogP contribution in [0.5, 0.6) is 0 Å². The minimum absolute atomic E-state index is 0.0436. The molecule has 18 heavy (non-hydrogen) atoms. The number of aliphatic hydroxyl groups excluding tert-OH is 1. The molecule has 0 fully saturated rings. The predicted octanol–water partition coefficient (Wildman–Crippen LogP) is 1.35. The molecule has 0 bridgehead atoms. The van der Waals surface area contributed by atoms with Crippen LogP contribution in [0.3, 0.4) is 0 Å². The first-order valence-corrected chi connectivity index (χ1v) is 5.59. The molecule has 1 rings (SSSR count). The van der Waals surface area contributed by atoms with Crippen LogP contribution in [-0.2, 0) is 4.74 Å². The van der Waals surface area contributed by atoms with Crippen molar-refractivity contribution in [3.05, 3.63) is 33.9 Å². The fraction of sp³-hybridized carbons (Fsp3) is 0.500. The van der Waals surface area contributed by atoms with Crippen molar-refractivity contribution in [3.63, 3.8) is 0 Å². The highest BCUT2D eigenvalue weighted by atomic mass is 16.6. The van der Waals surface area contributed by atoms with Crippen LogP contribution in [0.25, 0.3) is 0 Å². The van der Waals surface area contributed by atoms with E-state index in [4.69, 9.17) is 4.74 Å². The average molecular weight is 254 g/mol. The lowest BCUT2D eigenvalue weighted by molar-refractivity contribution is -0.384. The van der Waals surface area contributed by atoms with Gasteiger partial charge in [-0.05, 0) is 18.6 Å². The topological polar surface area (TPSA) is 75.8 Å². The lowest BCUT2D eigenvalue weighted by Gasteiger charge is -2.22. The van der Waals surface area contributed by atoms with Gasteiger partial charge in [0, 0.05) is 26.8 Å². The Morgan fingerprint density at radius 3 is 2.78 bits per heavy atom. The van der Waals surface area contributed by atoms with Crippen molar-refractivity contribution in [1.29, 1.82) is 0 Å². The molecule has 1 unspecified atom stereocenters. The van der Waals surface area contributed by atoms with Crippen LogP contribution >= 0.6 is 0 Å². The van der Waals surface area contributed by atoms with E-state index >= 15 is 0 Å². The number of aryl methyl sites for hydroxylation is 1. The van der Waals surface area contributed by atoms with Crippen molar-refractivity contribution >= 4 is 11.4 Å². The first-order chi connectivity index (χ1) is 8.45. The summed E-state index contributed by atoms with van der Waals surface area (Å²) in [5.41, 5.74) is 1.36. The van der Waals surface area contributed by atoms with Gasteiger partial charge in [-0.25, -0.2) is 0 Å². The average Bonchev–Trinajstić information content (AvgIpc) is 2.28. The van der Waals surface area contributed by atoms with E-state index in [0.29, 0.717) is 5.69 Å². The van der Waals surface area contributed by atoms with Gasteiger partial charge in [-0.15, -0.1) is 0 Å². The quantitative estimate of drug-likeness (QED) is 0.612. The second kappa shape index (κ2) is 6.32. The van der Waals surface area contributed by atoms with Crippen molar-refractivity contribution in [2.75, 3.05) is 32.2 Å². The second-order valence-corrected chi connectivity index (χ2v) is 4.24. The smallest absolute Gasteiger partial charge is 0.292 e. The van der Waals surface area contributed by atoms with E-state index in [9.17, 15) is 15.2 Å². The van der Waals surface area contributed by atoms with Crippen LogP contribution in [0.2, 0.25) is 0 Å². The Labute approximate surface area is 106 Å². The van der Waals surface area contributed by atoms with Gasteiger partial charge < -0.3 is 14.7 Å². The molecule has 0 heterocycles. The van der Waals surface area contributed by atoms with Gasteiger partial charge >= 0.3 is 0 Å². The van der Waals surface area contributed by atoms with Crippen LogP contribution in [0.15, 0.2) is 18.2 Å². The molecule has 0 saturated heterocycles.